The van der Waals surface area contributed by atoms with Gasteiger partial charge in [-0.1, -0.05) is 6.42 Å². The summed E-state index contributed by atoms with van der Waals surface area (Å²) < 4.78 is 10.3. The number of epoxide rings is 1. The summed E-state index contributed by atoms with van der Waals surface area (Å²) in [6.07, 6.45) is 3.78. The lowest BCUT2D eigenvalue weighted by Crippen LogP contribution is -2.43. The highest BCUT2D eigenvalue weighted by molar-refractivity contribution is 5.82. The van der Waals surface area contributed by atoms with Crippen LogP contribution in [0.25, 0.3) is 0 Å². The van der Waals surface area contributed by atoms with Crippen molar-refractivity contribution in [3.63, 3.8) is 0 Å². The highest BCUT2D eigenvalue weighted by Crippen LogP contribution is 2.30. The number of hydrogen-bond donors (Lipinski definition) is 0. The molecule has 0 amide bonds. The Balaban J connectivity index is 1.84. The third-order valence-electron chi connectivity index (χ3n) is 3.07. The molecule has 0 aliphatic carbocycles. The molecular formula is C11H19NO3. The van der Waals surface area contributed by atoms with E-state index in [4.69, 9.17) is 9.47 Å². The summed E-state index contributed by atoms with van der Waals surface area (Å²) in [7, 11) is 0. The molecule has 2 rings (SSSR count). The number of carbonyl (C=O) groups is 1. The van der Waals surface area contributed by atoms with Crippen LogP contribution in [0, 0.1) is 0 Å². The first-order chi connectivity index (χ1) is 7.27. The summed E-state index contributed by atoms with van der Waals surface area (Å²) in [5.74, 6) is -0.185. The van der Waals surface area contributed by atoms with Gasteiger partial charge in [0, 0.05) is 6.54 Å². The van der Waals surface area contributed by atoms with Gasteiger partial charge in [0.05, 0.1) is 13.2 Å². The molecule has 15 heavy (non-hydrogen) atoms. The SMILES string of the molecule is CCOC(=O)C1(CN2CCCCC2)CO1. The number of hydrogen-bond acceptors (Lipinski definition) is 4. The standard InChI is InChI=1S/C11H19NO3/c1-2-14-10(13)11(9-15-11)8-12-6-4-3-5-7-12/h2-9H2,1H3. The molecule has 2 heterocycles. The Bertz CT molecular complexity index is 232. The van der Waals surface area contributed by atoms with Crippen LogP contribution in [0.15, 0.2) is 0 Å². The molecule has 2 aliphatic rings. The Labute approximate surface area is 90.5 Å². The average molecular weight is 213 g/mol. The summed E-state index contributed by atoms with van der Waals surface area (Å²) in [6.45, 7) is 5.68. The van der Waals surface area contributed by atoms with Gasteiger partial charge in [-0.25, -0.2) is 4.79 Å². The maximum Gasteiger partial charge on any atom is 0.342 e. The number of likely N-dealkylation sites (tertiary alicyclic amines) is 1. The number of piperidine rings is 1. The van der Waals surface area contributed by atoms with E-state index in [1.54, 1.807) is 0 Å². The summed E-state index contributed by atoms with van der Waals surface area (Å²) >= 11 is 0. The Hall–Kier alpha value is -0.610. The molecule has 2 aliphatic heterocycles. The minimum Gasteiger partial charge on any atom is -0.464 e. The summed E-state index contributed by atoms with van der Waals surface area (Å²) in [4.78, 5) is 13.9. The molecule has 0 saturated carbocycles. The van der Waals surface area contributed by atoms with E-state index in [-0.39, 0.29) is 5.97 Å². The minimum atomic E-state index is -0.618. The summed E-state index contributed by atoms with van der Waals surface area (Å²) in [5.41, 5.74) is -0.618. The van der Waals surface area contributed by atoms with Crippen molar-refractivity contribution in [3.05, 3.63) is 0 Å². The molecular weight excluding hydrogens is 194 g/mol. The van der Waals surface area contributed by atoms with Crippen LogP contribution in [0.2, 0.25) is 0 Å². The van der Waals surface area contributed by atoms with Crippen LogP contribution < -0.4 is 0 Å². The molecule has 4 heteroatoms. The van der Waals surface area contributed by atoms with Crippen LogP contribution in [0.4, 0.5) is 0 Å². The molecule has 0 aromatic heterocycles. The van der Waals surface area contributed by atoms with Crippen molar-refractivity contribution in [2.75, 3.05) is 32.8 Å². The Morgan fingerprint density at radius 1 is 1.40 bits per heavy atom. The number of rotatable bonds is 4. The van der Waals surface area contributed by atoms with Crippen LogP contribution in [0.5, 0.6) is 0 Å². The minimum absolute atomic E-state index is 0.185. The second-order valence-electron chi connectivity index (χ2n) is 4.34. The maximum atomic E-state index is 11.6. The number of ether oxygens (including phenoxy) is 2. The largest absolute Gasteiger partial charge is 0.464 e. The topological polar surface area (TPSA) is 42.1 Å². The monoisotopic (exact) mass is 213 g/mol. The molecule has 2 fully saturated rings. The van der Waals surface area contributed by atoms with Crippen molar-refractivity contribution in [1.82, 2.24) is 4.90 Å². The normalized spacial score (nSPS) is 31.3. The molecule has 1 atom stereocenters. The van der Waals surface area contributed by atoms with E-state index in [1.807, 2.05) is 6.92 Å². The number of nitrogens with zero attached hydrogens (tertiary/aromatic N) is 1. The molecule has 0 aromatic rings. The van der Waals surface area contributed by atoms with Gasteiger partial charge in [0.1, 0.15) is 0 Å². The van der Waals surface area contributed by atoms with Crippen molar-refractivity contribution < 1.29 is 14.3 Å². The Kier molecular flexibility index (Phi) is 3.26. The van der Waals surface area contributed by atoms with Gasteiger partial charge >= 0.3 is 5.97 Å². The lowest BCUT2D eigenvalue weighted by molar-refractivity contribution is -0.150. The van der Waals surface area contributed by atoms with Crippen molar-refractivity contribution in [3.8, 4) is 0 Å². The molecule has 1 unspecified atom stereocenters. The average Bonchev–Trinajstić information content (AvgIpc) is 3.01. The van der Waals surface area contributed by atoms with Crippen molar-refractivity contribution >= 4 is 5.97 Å². The van der Waals surface area contributed by atoms with E-state index < -0.39 is 5.60 Å². The first kappa shape index (κ1) is 10.9. The zero-order valence-corrected chi connectivity index (χ0v) is 9.33. The van der Waals surface area contributed by atoms with Crippen LogP contribution in [-0.4, -0.2) is 49.3 Å². The van der Waals surface area contributed by atoms with Crippen molar-refractivity contribution in [2.24, 2.45) is 0 Å². The second kappa shape index (κ2) is 4.49. The van der Waals surface area contributed by atoms with Gasteiger partial charge in [-0.3, -0.25) is 4.90 Å². The van der Waals surface area contributed by atoms with Gasteiger partial charge in [-0.15, -0.1) is 0 Å². The smallest absolute Gasteiger partial charge is 0.342 e. The molecule has 86 valence electrons. The number of esters is 1. The fraction of sp³-hybridized carbons (Fsp3) is 0.909. The predicted octanol–water partition coefficient (Wildman–Crippen LogP) is 0.804. The fourth-order valence-electron chi connectivity index (χ4n) is 2.10. The van der Waals surface area contributed by atoms with E-state index in [0.717, 1.165) is 13.1 Å². The van der Waals surface area contributed by atoms with Gasteiger partial charge in [-0.05, 0) is 32.9 Å². The Morgan fingerprint density at radius 3 is 2.60 bits per heavy atom. The van der Waals surface area contributed by atoms with Crippen LogP contribution in [0.3, 0.4) is 0 Å². The Morgan fingerprint density at radius 2 is 2.07 bits per heavy atom. The lowest BCUT2D eigenvalue weighted by Gasteiger charge is -2.28. The predicted molar refractivity (Wildman–Crippen MR) is 55.6 cm³/mol. The lowest BCUT2D eigenvalue weighted by atomic mass is 10.1. The molecule has 4 nitrogen and oxygen atoms in total. The van der Waals surface area contributed by atoms with Gasteiger partial charge in [0.15, 0.2) is 0 Å². The zero-order valence-electron chi connectivity index (χ0n) is 9.33. The third kappa shape index (κ3) is 2.49. The van der Waals surface area contributed by atoms with Crippen LogP contribution >= 0.6 is 0 Å². The molecule has 2 saturated heterocycles. The molecule has 0 aromatic carbocycles. The first-order valence-corrected chi connectivity index (χ1v) is 5.80. The van der Waals surface area contributed by atoms with Crippen molar-refractivity contribution in [1.29, 1.82) is 0 Å². The van der Waals surface area contributed by atoms with Gasteiger partial charge < -0.3 is 9.47 Å². The van der Waals surface area contributed by atoms with Crippen molar-refractivity contribution in [2.45, 2.75) is 31.8 Å². The number of carbonyl (C=O) groups excluding carboxylic acids is 1. The summed E-state index contributed by atoms with van der Waals surface area (Å²) in [6, 6.07) is 0. The van der Waals surface area contributed by atoms with Gasteiger partial charge in [-0.2, -0.15) is 0 Å². The van der Waals surface area contributed by atoms with Crippen LogP contribution in [-0.2, 0) is 14.3 Å². The quantitative estimate of drug-likeness (QED) is 0.512. The molecule has 0 N–H and O–H groups in total. The van der Waals surface area contributed by atoms with Gasteiger partial charge in [0.25, 0.3) is 0 Å². The third-order valence-corrected chi connectivity index (χ3v) is 3.07. The highest BCUT2D eigenvalue weighted by Gasteiger charge is 2.54. The van der Waals surface area contributed by atoms with E-state index in [1.165, 1.54) is 19.3 Å². The molecule has 0 spiro atoms. The van der Waals surface area contributed by atoms with Crippen LogP contribution in [0.1, 0.15) is 26.2 Å². The summed E-state index contributed by atoms with van der Waals surface area (Å²) in [5, 5.41) is 0. The zero-order chi connectivity index (χ0) is 10.7. The highest BCUT2D eigenvalue weighted by atomic mass is 16.6. The maximum absolute atomic E-state index is 11.6. The van der Waals surface area contributed by atoms with E-state index in [9.17, 15) is 4.79 Å². The second-order valence-corrected chi connectivity index (χ2v) is 4.34. The molecule has 0 radical (unpaired) electrons. The molecule has 0 bridgehead atoms. The van der Waals surface area contributed by atoms with E-state index >= 15 is 0 Å². The van der Waals surface area contributed by atoms with Gasteiger partial charge in [0.2, 0.25) is 5.60 Å². The first-order valence-electron chi connectivity index (χ1n) is 5.80. The van der Waals surface area contributed by atoms with E-state index in [2.05, 4.69) is 4.90 Å². The fourth-order valence-corrected chi connectivity index (χ4v) is 2.10. The van der Waals surface area contributed by atoms with E-state index in [0.29, 0.717) is 19.8 Å².